The van der Waals surface area contributed by atoms with Crippen LogP contribution in [0, 0.1) is 13.8 Å². The summed E-state index contributed by atoms with van der Waals surface area (Å²) in [6.45, 7) is 4.30. The summed E-state index contributed by atoms with van der Waals surface area (Å²) in [6.07, 6.45) is 0. The van der Waals surface area contributed by atoms with Crippen molar-refractivity contribution in [2.24, 2.45) is 0 Å². The van der Waals surface area contributed by atoms with Crippen LogP contribution in [0.4, 0.5) is 17.1 Å². The number of anilines is 3. The lowest BCUT2D eigenvalue weighted by molar-refractivity contribution is 0.415. The topological polar surface area (TPSA) is 21.7 Å². The van der Waals surface area contributed by atoms with E-state index in [1.54, 1.807) is 14.2 Å². The molecule has 0 radical (unpaired) electrons. The van der Waals surface area contributed by atoms with Gasteiger partial charge in [0.05, 0.1) is 14.2 Å². The second kappa shape index (κ2) is 10.6. The van der Waals surface area contributed by atoms with Crippen LogP contribution in [-0.2, 0) is 0 Å². The van der Waals surface area contributed by atoms with Crippen molar-refractivity contribution in [2.75, 3.05) is 19.1 Å². The van der Waals surface area contributed by atoms with Crippen molar-refractivity contribution in [1.82, 2.24) is 0 Å². The Labute approximate surface area is 219 Å². The zero-order chi connectivity index (χ0) is 25.8. The van der Waals surface area contributed by atoms with E-state index in [2.05, 4.69) is 110 Å². The highest BCUT2D eigenvalue weighted by molar-refractivity contribution is 5.81. The summed E-state index contributed by atoms with van der Waals surface area (Å²) in [5.41, 5.74) is 10.4. The summed E-state index contributed by atoms with van der Waals surface area (Å²) in [5, 5.41) is 0. The fourth-order valence-corrected chi connectivity index (χ4v) is 4.69. The van der Waals surface area contributed by atoms with Gasteiger partial charge in [0, 0.05) is 17.1 Å². The first-order chi connectivity index (χ1) is 18.1. The molecule has 0 aliphatic carbocycles. The monoisotopic (exact) mass is 485 g/mol. The van der Waals surface area contributed by atoms with E-state index in [9.17, 15) is 0 Å². The van der Waals surface area contributed by atoms with Crippen LogP contribution in [0.5, 0.6) is 11.5 Å². The van der Waals surface area contributed by atoms with Crippen molar-refractivity contribution >= 4 is 17.1 Å². The maximum Gasteiger partial charge on any atom is 0.119 e. The maximum atomic E-state index is 5.42. The molecule has 0 fully saturated rings. The Morgan fingerprint density at radius 3 is 1.41 bits per heavy atom. The number of aryl methyl sites for hydroxylation is 2. The third kappa shape index (κ3) is 5.22. The van der Waals surface area contributed by atoms with Gasteiger partial charge in [-0.3, -0.25) is 0 Å². The largest absolute Gasteiger partial charge is 0.497 e. The van der Waals surface area contributed by atoms with Crippen molar-refractivity contribution in [3.8, 4) is 33.8 Å². The second-order valence-electron chi connectivity index (χ2n) is 9.18. The highest BCUT2D eigenvalue weighted by atomic mass is 16.5. The standard InChI is InChI=1S/C34H31NO2/c1-24-11-20-34(25(2)21-24)35(30-16-12-26(13-17-30)28-7-5-9-32(22-28)36-3)31-18-14-27(15-19-31)29-8-6-10-33(23-29)37-4/h5-23H,1-4H3. The highest BCUT2D eigenvalue weighted by Crippen LogP contribution is 2.38. The van der Waals surface area contributed by atoms with E-state index in [0.717, 1.165) is 50.8 Å². The average Bonchev–Trinajstić information content (AvgIpc) is 2.95. The zero-order valence-corrected chi connectivity index (χ0v) is 21.7. The summed E-state index contributed by atoms with van der Waals surface area (Å²) in [5.74, 6) is 1.71. The van der Waals surface area contributed by atoms with Crippen molar-refractivity contribution in [1.29, 1.82) is 0 Å². The molecule has 0 unspecified atom stereocenters. The van der Waals surface area contributed by atoms with E-state index >= 15 is 0 Å². The van der Waals surface area contributed by atoms with Crippen molar-refractivity contribution in [3.63, 3.8) is 0 Å². The summed E-state index contributed by atoms with van der Waals surface area (Å²) >= 11 is 0. The van der Waals surface area contributed by atoms with E-state index in [1.807, 2.05) is 24.3 Å². The highest BCUT2D eigenvalue weighted by Gasteiger charge is 2.15. The number of hydrogen-bond acceptors (Lipinski definition) is 3. The number of methoxy groups -OCH3 is 2. The first-order valence-corrected chi connectivity index (χ1v) is 12.4. The minimum Gasteiger partial charge on any atom is -0.497 e. The van der Waals surface area contributed by atoms with Crippen LogP contribution < -0.4 is 14.4 Å². The first kappa shape index (κ1) is 24.2. The van der Waals surface area contributed by atoms with Gasteiger partial charge < -0.3 is 14.4 Å². The molecule has 0 bridgehead atoms. The third-order valence-corrected chi connectivity index (χ3v) is 6.65. The Kier molecular flexibility index (Phi) is 6.96. The van der Waals surface area contributed by atoms with Crippen molar-refractivity contribution < 1.29 is 9.47 Å². The number of benzene rings is 5. The normalized spacial score (nSPS) is 10.7. The van der Waals surface area contributed by atoms with Gasteiger partial charge in [0.15, 0.2) is 0 Å². The SMILES string of the molecule is COc1cccc(-c2ccc(N(c3ccc(-c4cccc(OC)c4)cc3)c3ccc(C)cc3C)cc2)c1. The van der Waals surface area contributed by atoms with Crippen molar-refractivity contribution in [2.45, 2.75) is 13.8 Å². The predicted octanol–water partition coefficient (Wildman–Crippen LogP) is 9.12. The van der Waals surface area contributed by atoms with Gasteiger partial charge in [0.25, 0.3) is 0 Å². The van der Waals surface area contributed by atoms with E-state index in [4.69, 9.17) is 9.47 Å². The molecule has 0 heterocycles. The number of hydrogen-bond donors (Lipinski definition) is 0. The molecule has 0 aliphatic rings. The Bertz CT molecular complexity index is 1410. The quantitative estimate of drug-likeness (QED) is 0.229. The molecular weight excluding hydrogens is 454 g/mol. The van der Waals surface area contributed by atoms with Gasteiger partial charge >= 0.3 is 0 Å². The molecule has 0 saturated carbocycles. The van der Waals surface area contributed by atoms with Crippen LogP contribution in [0.2, 0.25) is 0 Å². The molecule has 0 amide bonds. The van der Waals surface area contributed by atoms with E-state index < -0.39 is 0 Å². The molecule has 5 aromatic rings. The summed E-state index contributed by atoms with van der Waals surface area (Å²) in [4.78, 5) is 2.32. The molecule has 0 atom stereocenters. The Hall–Kier alpha value is -4.50. The number of ether oxygens (including phenoxy) is 2. The molecular formula is C34H31NO2. The summed E-state index contributed by atoms with van der Waals surface area (Å²) in [7, 11) is 3.40. The molecule has 0 spiro atoms. The van der Waals surface area contributed by atoms with E-state index in [1.165, 1.54) is 11.1 Å². The lowest BCUT2D eigenvalue weighted by atomic mass is 10.0. The van der Waals surface area contributed by atoms with Crippen LogP contribution >= 0.6 is 0 Å². The van der Waals surface area contributed by atoms with Gasteiger partial charge in [-0.1, -0.05) is 66.2 Å². The van der Waals surface area contributed by atoms with Gasteiger partial charge in [0.2, 0.25) is 0 Å². The molecule has 0 aromatic heterocycles. The summed E-state index contributed by atoms with van der Waals surface area (Å²) in [6, 6.07) is 40.4. The third-order valence-electron chi connectivity index (χ3n) is 6.65. The molecule has 5 aromatic carbocycles. The van der Waals surface area contributed by atoms with Crippen LogP contribution in [0.1, 0.15) is 11.1 Å². The zero-order valence-electron chi connectivity index (χ0n) is 21.7. The van der Waals surface area contributed by atoms with Crippen LogP contribution in [-0.4, -0.2) is 14.2 Å². The average molecular weight is 486 g/mol. The van der Waals surface area contributed by atoms with Gasteiger partial charge in [-0.15, -0.1) is 0 Å². The van der Waals surface area contributed by atoms with Crippen LogP contribution in [0.25, 0.3) is 22.3 Å². The minimum atomic E-state index is 0.856. The molecule has 184 valence electrons. The lowest BCUT2D eigenvalue weighted by Crippen LogP contribution is -2.11. The molecule has 0 aliphatic heterocycles. The molecule has 3 nitrogen and oxygen atoms in total. The Morgan fingerprint density at radius 1 is 0.486 bits per heavy atom. The van der Waals surface area contributed by atoms with Gasteiger partial charge in [0.1, 0.15) is 11.5 Å². The molecule has 0 N–H and O–H groups in total. The fourth-order valence-electron chi connectivity index (χ4n) is 4.69. The fraction of sp³-hybridized carbons (Fsp3) is 0.118. The molecule has 3 heteroatoms. The number of rotatable bonds is 7. The lowest BCUT2D eigenvalue weighted by Gasteiger charge is -2.27. The minimum absolute atomic E-state index is 0.856. The van der Waals surface area contributed by atoms with Gasteiger partial charge in [-0.05, 0) is 96.3 Å². The van der Waals surface area contributed by atoms with Crippen LogP contribution in [0.15, 0.2) is 115 Å². The summed E-state index contributed by atoms with van der Waals surface area (Å²) < 4.78 is 10.8. The van der Waals surface area contributed by atoms with Gasteiger partial charge in [-0.2, -0.15) is 0 Å². The molecule has 37 heavy (non-hydrogen) atoms. The first-order valence-electron chi connectivity index (χ1n) is 12.4. The molecule has 0 saturated heterocycles. The van der Waals surface area contributed by atoms with E-state index in [0.29, 0.717) is 0 Å². The Balaban J connectivity index is 1.54. The van der Waals surface area contributed by atoms with Gasteiger partial charge in [-0.25, -0.2) is 0 Å². The van der Waals surface area contributed by atoms with Crippen LogP contribution in [0.3, 0.4) is 0 Å². The second-order valence-corrected chi connectivity index (χ2v) is 9.18. The Morgan fingerprint density at radius 2 is 0.973 bits per heavy atom. The smallest absolute Gasteiger partial charge is 0.119 e. The van der Waals surface area contributed by atoms with Crippen molar-refractivity contribution in [3.05, 3.63) is 126 Å². The predicted molar refractivity (Wildman–Crippen MR) is 155 cm³/mol. The molecule has 5 rings (SSSR count). The number of nitrogens with zero attached hydrogens (tertiary/aromatic N) is 1. The maximum absolute atomic E-state index is 5.42. The van der Waals surface area contributed by atoms with E-state index in [-0.39, 0.29) is 0 Å².